The van der Waals surface area contributed by atoms with E-state index in [0.29, 0.717) is 43.1 Å². The van der Waals surface area contributed by atoms with Crippen LogP contribution in [0, 0.1) is 5.82 Å². The first-order valence-electron chi connectivity index (χ1n) is 9.41. The van der Waals surface area contributed by atoms with Crippen LogP contribution in [0.4, 0.5) is 10.1 Å². The molecule has 2 heterocycles. The quantitative estimate of drug-likeness (QED) is 0.682. The highest BCUT2D eigenvalue weighted by Gasteiger charge is 2.24. The van der Waals surface area contributed by atoms with Gasteiger partial charge in [-0.3, -0.25) is 4.79 Å². The molecule has 148 valence electrons. The molecule has 0 unspecified atom stereocenters. The number of anilines is 1. The first-order valence-corrected chi connectivity index (χ1v) is 9.41. The second-order valence-electron chi connectivity index (χ2n) is 6.76. The molecule has 1 fully saturated rings. The van der Waals surface area contributed by atoms with Crippen molar-refractivity contribution in [2.24, 2.45) is 0 Å². The van der Waals surface area contributed by atoms with Crippen molar-refractivity contribution in [2.75, 3.05) is 38.2 Å². The van der Waals surface area contributed by atoms with Gasteiger partial charge in [0.1, 0.15) is 11.6 Å². The zero-order chi connectivity index (χ0) is 20.2. The van der Waals surface area contributed by atoms with Crippen LogP contribution in [-0.2, 0) is 0 Å². The van der Waals surface area contributed by atoms with Crippen molar-refractivity contribution in [3.05, 3.63) is 72.3 Å². The molecule has 29 heavy (non-hydrogen) atoms. The monoisotopic (exact) mass is 392 g/mol. The van der Waals surface area contributed by atoms with E-state index in [9.17, 15) is 9.18 Å². The minimum absolute atomic E-state index is 0.101. The van der Waals surface area contributed by atoms with E-state index in [1.165, 1.54) is 24.5 Å². The number of rotatable bonds is 4. The molecule has 0 saturated carbocycles. The minimum Gasteiger partial charge on any atom is -0.495 e. The van der Waals surface area contributed by atoms with Crippen molar-refractivity contribution < 1.29 is 13.9 Å². The molecule has 2 aromatic carbocycles. The molecule has 0 bridgehead atoms. The van der Waals surface area contributed by atoms with Crippen LogP contribution in [-0.4, -0.2) is 54.1 Å². The van der Waals surface area contributed by atoms with Crippen molar-refractivity contribution in [3.63, 3.8) is 0 Å². The van der Waals surface area contributed by atoms with Crippen molar-refractivity contribution in [3.8, 4) is 17.1 Å². The van der Waals surface area contributed by atoms with Gasteiger partial charge in [-0.05, 0) is 24.3 Å². The van der Waals surface area contributed by atoms with Crippen LogP contribution < -0.4 is 9.64 Å². The predicted molar refractivity (Wildman–Crippen MR) is 109 cm³/mol. The highest BCUT2D eigenvalue weighted by Crippen LogP contribution is 2.28. The number of piperazine rings is 1. The third-order valence-corrected chi connectivity index (χ3v) is 4.97. The highest BCUT2D eigenvalue weighted by atomic mass is 19.1. The number of carbonyl (C=O) groups is 1. The van der Waals surface area contributed by atoms with Crippen molar-refractivity contribution in [2.45, 2.75) is 0 Å². The Balaban J connectivity index is 1.42. The van der Waals surface area contributed by atoms with Gasteiger partial charge in [-0.1, -0.05) is 24.3 Å². The molecule has 4 rings (SSSR count). The molecule has 0 spiro atoms. The molecule has 0 aliphatic carbocycles. The average Bonchev–Trinajstić information content (AvgIpc) is 2.79. The molecule has 1 aromatic heterocycles. The summed E-state index contributed by atoms with van der Waals surface area (Å²) in [6.07, 6.45) is 3.00. The standard InChI is InChI=1S/C22H21FN4O2/c1-29-20-8-3-2-7-19(20)26-9-11-27(12-10-26)22(28)17-14-24-21(25-15-17)16-5-4-6-18(23)13-16/h2-8,13-15H,9-12H2,1H3. The molecule has 0 N–H and O–H groups in total. The largest absolute Gasteiger partial charge is 0.495 e. The summed E-state index contributed by atoms with van der Waals surface area (Å²) in [4.78, 5) is 25.3. The lowest BCUT2D eigenvalue weighted by Gasteiger charge is -2.36. The number of methoxy groups -OCH3 is 1. The van der Waals surface area contributed by atoms with Crippen molar-refractivity contribution in [1.29, 1.82) is 0 Å². The third-order valence-electron chi connectivity index (χ3n) is 4.97. The molecule has 6 nitrogen and oxygen atoms in total. The van der Waals surface area contributed by atoms with E-state index in [1.807, 2.05) is 24.3 Å². The molecular weight excluding hydrogens is 371 g/mol. The number of halogens is 1. The Morgan fingerprint density at radius 2 is 1.72 bits per heavy atom. The number of hydrogen-bond acceptors (Lipinski definition) is 5. The van der Waals surface area contributed by atoms with Gasteiger partial charge in [0.05, 0.1) is 18.4 Å². The van der Waals surface area contributed by atoms with E-state index in [1.54, 1.807) is 24.1 Å². The zero-order valence-electron chi connectivity index (χ0n) is 16.1. The second-order valence-corrected chi connectivity index (χ2v) is 6.76. The summed E-state index contributed by atoms with van der Waals surface area (Å²) in [5.74, 6) is 0.769. The number of amides is 1. The fourth-order valence-corrected chi connectivity index (χ4v) is 3.44. The number of hydrogen-bond donors (Lipinski definition) is 0. The van der Waals surface area contributed by atoms with E-state index < -0.39 is 0 Å². The molecule has 1 saturated heterocycles. The Kier molecular flexibility index (Phi) is 5.37. The van der Waals surface area contributed by atoms with Crippen LogP contribution in [0.5, 0.6) is 5.75 Å². The summed E-state index contributed by atoms with van der Waals surface area (Å²) >= 11 is 0. The fourth-order valence-electron chi connectivity index (χ4n) is 3.44. The van der Waals surface area contributed by atoms with Gasteiger partial charge in [-0.15, -0.1) is 0 Å². The maximum Gasteiger partial charge on any atom is 0.257 e. The van der Waals surface area contributed by atoms with E-state index >= 15 is 0 Å². The van der Waals surface area contributed by atoms with E-state index in [0.717, 1.165) is 11.4 Å². The predicted octanol–water partition coefficient (Wildman–Crippen LogP) is 3.25. The van der Waals surface area contributed by atoms with E-state index in [-0.39, 0.29) is 11.7 Å². The van der Waals surface area contributed by atoms with Gasteiger partial charge < -0.3 is 14.5 Å². The number of aromatic nitrogens is 2. The summed E-state index contributed by atoms with van der Waals surface area (Å²) in [6, 6.07) is 14.0. The van der Waals surface area contributed by atoms with E-state index in [2.05, 4.69) is 14.9 Å². The minimum atomic E-state index is -0.348. The van der Waals surface area contributed by atoms with Gasteiger partial charge in [0.15, 0.2) is 5.82 Å². The van der Waals surface area contributed by atoms with Crippen molar-refractivity contribution >= 4 is 11.6 Å². The van der Waals surface area contributed by atoms with Crippen LogP contribution >= 0.6 is 0 Å². The summed E-state index contributed by atoms with van der Waals surface area (Å²) < 4.78 is 18.8. The Hall–Kier alpha value is -3.48. The van der Waals surface area contributed by atoms with Crippen LogP contribution in [0.3, 0.4) is 0 Å². The lowest BCUT2D eigenvalue weighted by atomic mass is 10.2. The molecule has 0 atom stereocenters. The lowest BCUT2D eigenvalue weighted by Crippen LogP contribution is -2.48. The molecule has 1 amide bonds. The topological polar surface area (TPSA) is 58.6 Å². The number of ether oxygens (including phenoxy) is 1. The van der Waals surface area contributed by atoms with E-state index in [4.69, 9.17) is 4.74 Å². The smallest absolute Gasteiger partial charge is 0.257 e. The molecular formula is C22H21FN4O2. The first-order chi connectivity index (χ1) is 14.2. The lowest BCUT2D eigenvalue weighted by molar-refractivity contribution is 0.0746. The van der Waals surface area contributed by atoms with Crippen LogP contribution in [0.15, 0.2) is 60.9 Å². The van der Waals surface area contributed by atoms with Gasteiger partial charge in [0, 0.05) is 44.1 Å². The first kappa shape index (κ1) is 18.9. The average molecular weight is 392 g/mol. The molecule has 0 radical (unpaired) electrons. The van der Waals surface area contributed by atoms with Gasteiger partial charge in [-0.2, -0.15) is 0 Å². The van der Waals surface area contributed by atoms with Gasteiger partial charge in [0.2, 0.25) is 0 Å². The number of nitrogens with zero attached hydrogens (tertiary/aromatic N) is 4. The SMILES string of the molecule is COc1ccccc1N1CCN(C(=O)c2cnc(-c3cccc(F)c3)nc2)CC1. The Bertz CT molecular complexity index is 1000. The molecule has 1 aliphatic heterocycles. The molecule has 1 aliphatic rings. The van der Waals surface area contributed by atoms with Crippen molar-refractivity contribution in [1.82, 2.24) is 14.9 Å². The van der Waals surface area contributed by atoms with Gasteiger partial charge >= 0.3 is 0 Å². The van der Waals surface area contributed by atoms with Gasteiger partial charge in [0.25, 0.3) is 5.91 Å². The number of benzene rings is 2. The Morgan fingerprint density at radius 1 is 1.00 bits per heavy atom. The molecule has 7 heteroatoms. The van der Waals surface area contributed by atoms with Gasteiger partial charge in [-0.25, -0.2) is 14.4 Å². The summed E-state index contributed by atoms with van der Waals surface area (Å²) in [5.41, 5.74) is 2.04. The third kappa shape index (κ3) is 4.03. The zero-order valence-corrected chi connectivity index (χ0v) is 16.1. The Labute approximate surface area is 168 Å². The van der Waals surface area contributed by atoms with Crippen LogP contribution in [0.2, 0.25) is 0 Å². The number of carbonyl (C=O) groups excluding carboxylic acids is 1. The summed E-state index contributed by atoms with van der Waals surface area (Å²) in [7, 11) is 1.66. The van der Waals surface area contributed by atoms with Crippen LogP contribution in [0.25, 0.3) is 11.4 Å². The second kappa shape index (κ2) is 8.26. The molecule has 3 aromatic rings. The fraction of sp³-hybridized carbons (Fsp3) is 0.227. The Morgan fingerprint density at radius 3 is 2.41 bits per heavy atom. The number of para-hydroxylation sites is 2. The van der Waals surface area contributed by atoms with Crippen LogP contribution in [0.1, 0.15) is 10.4 Å². The normalized spacial score (nSPS) is 14.0. The summed E-state index contributed by atoms with van der Waals surface area (Å²) in [5, 5.41) is 0. The maximum atomic E-state index is 13.4. The summed E-state index contributed by atoms with van der Waals surface area (Å²) in [6.45, 7) is 2.63. The maximum absolute atomic E-state index is 13.4. The highest BCUT2D eigenvalue weighted by molar-refractivity contribution is 5.94.